The van der Waals surface area contributed by atoms with Crippen LogP contribution < -0.4 is 5.73 Å². The number of phosphoric acid groups is 1. The van der Waals surface area contributed by atoms with Crippen LogP contribution >= 0.6 is 7.82 Å². The van der Waals surface area contributed by atoms with E-state index in [1.807, 2.05) is 0 Å². The molecule has 0 aromatic rings. The van der Waals surface area contributed by atoms with Crippen LogP contribution in [0.1, 0.15) is 187 Å². The van der Waals surface area contributed by atoms with Gasteiger partial charge in [0.1, 0.15) is 12.1 Å². The van der Waals surface area contributed by atoms with E-state index in [0.29, 0.717) is 13.0 Å². The Hall–Kier alpha value is -2.59. The van der Waals surface area contributed by atoms with Gasteiger partial charge in [-0.25, -0.2) is 4.57 Å². The summed E-state index contributed by atoms with van der Waals surface area (Å²) in [6.45, 7) is 3.69. The van der Waals surface area contributed by atoms with Gasteiger partial charge < -0.3 is 25.2 Å². The van der Waals surface area contributed by atoms with Crippen molar-refractivity contribution in [2.24, 2.45) is 5.73 Å². The Kier molecular flexibility index (Phi) is 42.5. The number of esters is 1. The third kappa shape index (κ3) is 43.5. The first-order chi connectivity index (χ1) is 29.2. The van der Waals surface area contributed by atoms with Crippen LogP contribution in [0.4, 0.5) is 0 Å². The first-order valence-electron chi connectivity index (χ1n) is 23.5. The maximum Gasteiger partial charge on any atom is 0.472 e. The molecule has 0 aromatic carbocycles. The molecule has 0 aromatic heterocycles. The van der Waals surface area contributed by atoms with E-state index in [0.717, 1.165) is 83.5 Å². The van der Waals surface area contributed by atoms with Crippen molar-refractivity contribution < 1.29 is 42.7 Å². The second-order valence-corrected chi connectivity index (χ2v) is 17.0. The van der Waals surface area contributed by atoms with E-state index in [1.165, 1.54) is 77.0 Å². The van der Waals surface area contributed by atoms with Crippen molar-refractivity contribution in [3.05, 3.63) is 72.9 Å². The molecule has 0 radical (unpaired) electrons. The van der Waals surface area contributed by atoms with Crippen molar-refractivity contribution >= 4 is 19.8 Å². The van der Waals surface area contributed by atoms with E-state index in [-0.39, 0.29) is 13.0 Å². The third-order valence-electron chi connectivity index (χ3n) is 9.75. The van der Waals surface area contributed by atoms with Crippen molar-refractivity contribution in [3.63, 3.8) is 0 Å². The second kappa shape index (κ2) is 44.5. The Morgan fingerprint density at radius 2 is 0.967 bits per heavy atom. The second-order valence-electron chi connectivity index (χ2n) is 15.5. The Bertz CT molecular complexity index is 1230. The molecule has 0 heterocycles. The van der Waals surface area contributed by atoms with E-state index in [1.54, 1.807) is 0 Å². The van der Waals surface area contributed by atoms with Gasteiger partial charge in [-0.3, -0.25) is 18.6 Å². The van der Waals surface area contributed by atoms with Crippen LogP contribution in [0.25, 0.3) is 0 Å². The molecule has 0 rings (SSSR count). The minimum atomic E-state index is -4.63. The topological polar surface area (TPSA) is 155 Å². The van der Waals surface area contributed by atoms with Crippen molar-refractivity contribution in [2.45, 2.75) is 199 Å². The number of carboxylic acid groups (broad SMARTS) is 1. The molecule has 0 fully saturated rings. The van der Waals surface area contributed by atoms with Gasteiger partial charge in [0.05, 0.1) is 19.8 Å². The lowest BCUT2D eigenvalue weighted by molar-refractivity contribution is -0.154. The number of nitrogens with two attached hydrogens (primary N) is 1. The van der Waals surface area contributed by atoms with Crippen molar-refractivity contribution in [3.8, 4) is 0 Å². The summed E-state index contributed by atoms with van der Waals surface area (Å²) in [5.41, 5.74) is 5.36. The van der Waals surface area contributed by atoms with Gasteiger partial charge in [0, 0.05) is 13.0 Å². The van der Waals surface area contributed by atoms with Crippen molar-refractivity contribution in [1.29, 1.82) is 0 Å². The first kappa shape index (κ1) is 57.4. The van der Waals surface area contributed by atoms with Crippen LogP contribution in [0, 0.1) is 0 Å². The number of carboxylic acids is 1. The number of hydrogen-bond donors (Lipinski definition) is 3. The van der Waals surface area contributed by atoms with Gasteiger partial charge >= 0.3 is 19.8 Å². The Morgan fingerprint density at radius 1 is 0.550 bits per heavy atom. The van der Waals surface area contributed by atoms with Gasteiger partial charge in [-0.05, 0) is 64.2 Å². The fourth-order valence-electron chi connectivity index (χ4n) is 6.14. The summed E-state index contributed by atoms with van der Waals surface area (Å²) in [4.78, 5) is 33.6. The lowest BCUT2D eigenvalue weighted by atomic mass is 10.0. The molecule has 10 nitrogen and oxygen atoms in total. The SMILES string of the molecule is CC/C=C\C/C=C\C/C=C\C/C=C\C/C=C\C/C=C\CCCCCOCC(COP(=O)(O)OCC(N)C(=O)O)OC(=O)CCCCCCCCCCCCCCCCCC. The average molecular weight is 864 g/mol. The summed E-state index contributed by atoms with van der Waals surface area (Å²) in [7, 11) is -4.63. The number of allylic oxidation sites excluding steroid dienone is 12. The van der Waals surface area contributed by atoms with Crippen LogP contribution in [0.2, 0.25) is 0 Å². The maximum atomic E-state index is 12.7. The van der Waals surface area contributed by atoms with Gasteiger partial charge in [-0.15, -0.1) is 0 Å². The molecule has 0 saturated carbocycles. The zero-order valence-corrected chi connectivity index (χ0v) is 38.7. The van der Waals surface area contributed by atoms with Crippen molar-refractivity contribution in [2.75, 3.05) is 26.4 Å². The van der Waals surface area contributed by atoms with Crippen LogP contribution in [0.15, 0.2) is 72.9 Å². The Morgan fingerprint density at radius 3 is 1.43 bits per heavy atom. The van der Waals surface area contributed by atoms with Gasteiger partial charge in [-0.1, -0.05) is 189 Å². The lowest BCUT2D eigenvalue weighted by Gasteiger charge is -2.20. The minimum Gasteiger partial charge on any atom is -0.480 e. The number of carbonyl (C=O) groups is 2. The summed E-state index contributed by atoms with van der Waals surface area (Å²) >= 11 is 0. The third-order valence-corrected chi connectivity index (χ3v) is 10.7. The molecule has 11 heteroatoms. The molecule has 0 amide bonds. The quantitative estimate of drug-likeness (QED) is 0.0233. The van der Waals surface area contributed by atoms with Crippen molar-refractivity contribution in [1.82, 2.24) is 0 Å². The average Bonchev–Trinajstić information content (AvgIpc) is 3.23. The van der Waals surface area contributed by atoms with E-state index in [4.69, 9.17) is 29.4 Å². The van der Waals surface area contributed by atoms with E-state index >= 15 is 0 Å². The minimum absolute atomic E-state index is 0.00745. The number of rotatable bonds is 44. The highest BCUT2D eigenvalue weighted by Crippen LogP contribution is 2.43. The molecule has 0 saturated heterocycles. The van der Waals surface area contributed by atoms with Gasteiger partial charge in [0.2, 0.25) is 0 Å². The first-order valence-corrected chi connectivity index (χ1v) is 25.0. The number of ether oxygens (including phenoxy) is 2. The normalized spacial score (nSPS) is 14.5. The summed E-state index contributed by atoms with van der Waals surface area (Å²) in [5.74, 6) is -1.79. The monoisotopic (exact) mass is 864 g/mol. The molecule has 0 aliphatic carbocycles. The molecule has 60 heavy (non-hydrogen) atoms. The largest absolute Gasteiger partial charge is 0.480 e. The van der Waals surface area contributed by atoms with Crippen LogP contribution in [0.5, 0.6) is 0 Å². The van der Waals surface area contributed by atoms with Crippen LogP contribution in [-0.2, 0) is 32.7 Å². The summed E-state index contributed by atoms with van der Waals surface area (Å²) < 4.78 is 33.4. The fraction of sp³-hybridized carbons (Fsp3) is 0.714. The van der Waals surface area contributed by atoms with Gasteiger partial charge in [-0.2, -0.15) is 0 Å². The van der Waals surface area contributed by atoms with E-state index in [2.05, 4.69) is 86.8 Å². The molecule has 3 unspecified atom stereocenters. The molecule has 346 valence electrons. The fourth-order valence-corrected chi connectivity index (χ4v) is 6.91. The van der Waals surface area contributed by atoms with E-state index in [9.17, 15) is 19.0 Å². The predicted octanol–water partition coefficient (Wildman–Crippen LogP) is 13.4. The molecular weight excluding hydrogens is 778 g/mol. The zero-order valence-electron chi connectivity index (χ0n) is 37.8. The summed E-state index contributed by atoms with van der Waals surface area (Å²) in [6.07, 6.45) is 55.3. The highest BCUT2D eigenvalue weighted by molar-refractivity contribution is 7.47. The molecule has 0 bridgehead atoms. The molecule has 4 N–H and O–H groups in total. The summed E-state index contributed by atoms with van der Waals surface area (Å²) in [5, 5.41) is 8.91. The number of phosphoric ester groups is 1. The molecule has 0 aliphatic rings. The van der Waals surface area contributed by atoms with Gasteiger partial charge in [0.25, 0.3) is 0 Å². The standard InChI is InChI=1S/C49H86NO9P/c1-3-5-7-9-11-13-15-17-19-21-22-23-24-25-26-28-30-32-34-36-38-40-42-56-43-46(44-57-60(54,55)58-45-47(50)49(52)53)59-48(51)41-39-37-35-33-31-29-27-20-18-16-14-12-10-8-6-4-2/h5,7,11,13,17,19,22-23,25-26,30,32,46-47H,3-4,6,8-10,12,14-16,18,20-21,24,27-29,31,33-45,50H2,1-2H3,(H,52,53)(H,54,55)/b7-5-,13-11-,19-17-,23-22-,26-25-,32-30-. The van der Waals surface area contributed by atoms with Gasteiger partial charge in [0.15, 0.2) is 0 Å². The smallest absolute Gasteiger partial charge is 0.472 e. The van der Waals surface area contributed by atoms with E-state index < -0.39 is 45.1 Å². The summed E-state index contributed by atoms with van der Waals surface area (Å²) in [6, 6.07) is -1.48. The molecule has 0 aliphatic heterocycles. The predicted molar refractivity (Wildman–Crippen MR) is 249 cm³/mol. The van der Waals surface area contributed by atoms with Crippen LogP contribution in [0.3, 0.4) is 0 Å². The number of aliphatic carboxylic acids is 1. The molecule has 3 atom stereocenters. The zero-order chi connectivity index (χ0) is 44.0. The lowest BCUT2D eigenvalue weighted by Crippen LogP contribution is -2.34. The highest BCUT2D eigenvalue weighted by atomic mass is 31.2. The number of unbranched alkanes of at least 4 members (excludes halogenated alkanes) is 18. The van der Waals surface area contributed by atoms with Crippen LogP contribution in [-0.4, -0.2) is 60.5 Å². The maximum absolute atomic E-state index is 12.7. The number of carbonyl (C=O) groups excluding carboxylic acids is 1. The number of hydrogen-bond acceptors (Lipinski definition) is 8. The molecule has 0 spiro atoms. The Balaban J connectivity index is 4.27. The highest BCUT2D eigenvalue weighted by Gasteiger charge is 2.27. The Labute approximate surface area is 365 Å². The molecular formula is C49H86NO9P.